The molecule has 0 spiro atoms. The average molecular weight is 400 g/mol. The van der Waals surface area contributed by atoms with Gasteiger partial charge in [0.1, 0.15) is 5.52 Å². The Morgan fingerprint density at radius 2 is 1.93 bits per heavy atom. The number of rotatable bonds is 6. The fraction of sp³-hybridized carbons (Fsp3) is 0.217. The molecule has 0 unspecified atom stereocenters. The van der Waals surface area contributed by atoms with Crippen LogP contribution < -0.4 is 10.9 Å². The summed E-state index contributed by atoms with van der Waals surface area (Å²) in [5.74, 6) is 0.886. The maximum atomic E-state index is 12.6. The topological polar surface area (TPSA) is 90.0 Å². The molecule has 2 heterocycles. The zero-order valence-electron chi connectivity index (χ0n) is 16.2. The third-order valence-electron chi connectivity index (χ3n) is 5.27. The Morgan fingerprint density at radius 3 is 2.73 bits per heavy atom. The molecule has 7 nitrogen and oxygen atoms in total. The van der Waals surface area contributed by atoms with E-state index in [1.165, 1.54) is 4.68 Å². The molecule has 5 rings (SSSR count). The highest BCUT2D eigenvalue weighted by Gasteiger charge is 2.25. The van der Waals surface area contributed by atoms with E-state index in [1.54, 1.807) is 30.3 Å². The predicted octanol–water partition coefficient (Wildman–Crippen LogP) is 3.36. The van der Waals surface area contributed by atoms with Crippen LogP contribution >= 0.6 is 0 Å². The van der Waals surface area contributed by atoms with Crippen molar-refractivity contribution in [3.05, 3.63) is 82.3 Å². The SMILES string of the molecule is O=C(NCCn1nc(C2CC2)ccc1=O)c1ccc2noc(-c3ccccc3)c2c1. The summed E-state index contributed by atoms with van der Waals surface area (Å²) >= 11 is 0. The Morgan fingerprint density at radius 1 is 1.10 bits per heavy atom. The fourth-order valence-corrected chi connectivity index (χ4v) is 3.48. The Kier molecular flexibility index (Phi) is 4.63. The number of carbonyl (C=O) groups excluding carboxylic acids is 1. The van der Waals surface area contributed by atoms with Gasteiger partial charge in [0.25, 0.3) is 11.5 Å². The summed E-state index contributed by atoms with van der Waals surface area (Å²) in [4.78, 5) is 24.7. The second kappa shape index (κ2) is 7.59. The van der Waals surface area contributed by atoms with Crippen molar-refractivity contribution in [1.82, 2.24) is 20.3 Å². The molecular weight excluding hydrogens is 380 g/mol. The van der Waals surface area contributed by atoms with Gasteiger partial charge in [-0.1, -0.05) is 35.5 Å². The number of benzene rings is 2. The van der Waals surface area contributed by atoms with Gasteiger partial charge in [-0.15, -0.1) is 0 Å². The Bertz CT molecular complexity index is 1270. The maximum absolute atomic E-state index is 12.6. The molecule has 1 aliphatic carbocycles. The van der Waals surface area contributed by atoms with E-state index in [0.717, 1.165) is 29.5 Å². The van der Waals surface area contributed by atoms with Crippen LogP contribution in [-0.4, -0.2) is 27.4 Å². The quantitative estimate of drug-likeness (QED) is 0.536. The van der Waals surface area contributed by atoms with Crippen LogP contribution in [0.4, 0.5) is 0 Å². The van der Waals surface area contributed by atoms with Crippen molar-refractivity contribution in [1.29, 1.82) is 0 Å². The number of nitrogens with zero attached hydrogens (tertiary/aromatic N) is 3. The maximum Gasteiger partial charge on any atom is 0.266 e. The Balaban J connectivity index is 1.31. The highest BCUT2D eigenvalue weighted by atomic mass is 16.5. The van der Waals surface area contributed by atoms with Gasteiger partial charge in [-0.25, -0.2) is 4.68 Å². The first-order valence-corrected chi connectivity index (χ1v) is 10.0. The summed E-state index contributed by atoms with van der Waals surface area (Å²) < 4.78 is 6.92. The van der Waals surface area contributed by atoms with Gasteiger partial charge in [-0.2, -0.15) is 5.10 Å². The fourth-order valence-electron chi connectivity index (χ4n) is 3.48. The number of aromatic nitrogens is 3. The molecule has 1 fully saturated rings. The van der Waals surface area contributed by atoms with Gasteiger partial charge in [0, 0.05) is 29.7 Å². The molecule has 1 aliphatic rings. The van der Waals surface area contributed by atoms with Crippen molar-refractivity contribution in [2.45, 2.75) is 25.3 Å². The second-order valence-corrected chi connectivity index (χ2v) is 7.46. The molecule has 150 valence electrons. The van der Waals surface area contributed by atoms with Crippen LogP contribution in [0.5, 0.6) is 0 Å². The van der Waals surface area contributed by atoms with E-state index < -0.39 is 0 Å². The molecule has 1 saturated carbocycles. The highest BCUT2D eigenvalue weighted by Crippen LogP contribution is 2.38. The van der Waals surface area contributed by atoms with Gasteiger partial charge >= 0.3 is 0 Å². The zero-order valence-corrected chi connectivity index (χ0v) is 16.2. The van der Waals surface area contributed by atoms with E-state index in [-0.39, 0.29) is 11.5 Å². The first kappa shape index (κ1) is 18.3. The summed E-state index contributed by atoms with van der Waals surface area (Å²) in [6.45, 7) is 0.642. The van der Waals surface area contributed by atoms with Crippen LogP contribution in [0, 0.1) is 0 Å². The molecule has 0 bridgehead atoms. The molecular formula is C23H20N4O3. The molecule has 2 aromatic carbocycles. The first-order valence-electron chi connectivity index (χ1n) is 10.0. The van der Waals surface area contributed by atoms with E-state index in [4.69, 9.17) is 4.52 Å². The third-order valence-corrected chi connectivity index (χ3v) is 5.27. The Hall–Kier alpha value is -3.74. The monoisotopic (exact) mass is 400 g/mol. The molecule has 0 atom stereocenters. The lowest BCUT2D eigenvalue weighted by Crippen LogP contribution is -2.32. The van der Waals surface area contributed by atoms with Gasteiger partial charge in [0.05, 0.1) is 17.6 Å². The van der Waals surface area contributed by atoms with E-state index in [2.05, 4.69) is 15.6 Å². The molecule has 4 aromatic rings. The van der Waals surface area contributed by atoms with Crippen LogP contribution in [0.1, 0.15) is 34.8 Å². The van der Waals surface area contributed by atoms with Gasteiger partial charge in [-0.05, 0) is 37.1 Å². The van der Waals surface area contributed by atoms with E-state index >= 15 is 0 Å². The number of hydrogen-bond acceptors (Lipinski definition) is 5. The van der Waals surface area contributed by atoms with E-state index in [1.807, 2.05) is 30.3 Å². The minimum absolute atomic E-state index is 0.160. The Labute approximate surface area is 172 Å². The summed E-state index contributed by atoms with van der Waals surface area (Å²) in [5.41, 5.74) is 2.89. The number of nitrogens with one attached hydrogen (secondary N) is 1. The molecule has 0 saturated heterocycles. The minimum Gasteiger partial charge on any atom is -0.355 e. The molecule has 7 heteroatoms. The van der Waals surface area contributed by atoms with Gasteiger partial charge in [-0.3, -0.25) is 9.59 Å². The number of amides is 1. The lowest BCUT2D eigenvalue weighted by molar-refractivity contribution is 0.0952. The number of carbonyl (C=O) groups is 1. The van der Waals surface area contributed by atoms with Gasteiger partial charge in [0.2, 0.25) is 0 Å². The van der Waals surface area contributed by atoms with Gasteiger partial charge in [0.15, 0.2) is 5.76 Å². The van der Waals surface area contributed by atoms with Crippen molar-refractivity contribution < 1.29 is 9.32 Å². The van der Waals surface area contributed by atoms with Crippen LogP contribution in [-0.2, 0) is 6.54 Å². The van der Waals surface area contributed by atoms with Crippen molar-refractivity contribution in [3.8, 4) is 11.3 Å². The van der Waals surface area contributed by atoms with Crippen molar-refractivity contribution in [2.75, 3.05) is 6.54 Å². The average Bonchev–Trinajstić information content (AvgIpc) is 3.54. The lowest BCUT2D eigenvalue weighted by Gasteiger charge is -2.08. The normalized spacial score (nSPS) is 13.5. The van der Waals surface area contributed by atoms with Crippen LogP contribution in [0.2, 0.25) is 0 Å². The van der Waals surface area contributed by atoms with Crippen LogP contribution in [0.15, 0.2) is 70.0 Å². The zero-order chi connectivity index (χ0) is 20.5. The predicted molar refractivity (Wildman–Crippen MR) is 112 cm³/mol. The van der Waals surface area contributed by atoms with Crippen molar-refractivity contribution in [3.63, 3.8) is 0 Å². The van der Waals surface area contributed by atoms with Crippen molar-refractivity contribution >= 4 is 16.8 Å². The standard InChI is InChI=1S/C23H20N4O3/c28-21-11-10-19(15-6-7-15)25-27(21)13-12-24-23(29)17-8-9-20-18(14-17)22(30-26-20)16-4-2-1-3-5-16/h1-5,8-11,14-15H,6-7,12-13H2,(H,24,29). The molecule has 2 aromatic heterocycles. The first-order chi connectivity index (χ1) is 14.7. The summed E-state index contributed by atoms with van der Waals surface area (Å²) in [7, 11) is 0. The number of hydrogen-bond donors (Lipinski definition) is 1. The smallest absolute Gasteiger partial charge is 0.266 e. The minimum atomic E-state index is -0.219. The highest BCUT2D eigenvalue weighted by molar-refractivity contribution is 6.00. The van der Waals surface area contributed by atoms with Gasteiger partial charge < -0.3 is 9.84 Å². The molecule has 30 heavy (non-hydrogen) atoms. The van der Waals surface area contributed by atoms with Crippen LogP contribution in [0.25, 0.3) is 22.2 Å². The van der Waals surface area contributed by atoms with E-state index in [9.17, 15) is 9.59 Å². The van der Waals surface area contributed by atoms with E-state index in [0.29, 0.717) is 35.8 Å². The molecule has 0 radical (unpaired) electrons. The number of fused-ring (bicyclic) bond motifs is 1. The summed E-state index contributed by atoms with van der Waals surface area (Å²) in [6, 6.07) is 18.3. The third kappa shape index (κ3) is 3.61. The molecule has 1 amide bonds. The largest absolute Gasteiger partial charge is 0.355 e. The second-order valence-electron chi connectivity index (χ2n) is 7.46. The summed E-state index contributed by atoms with van der Waals surface area (Å²) in [5, 5.41) is 12.1. The van der Waals surface area contributed by atoms with Crippen LogP contribution in [0.3, 0.4) is 0 Å². The molecule has 0 aliphatic heterocycles. The molecule has 1 N–H and O–H groups in total. The lowest BCUT2D eigenvalue weighted by atomic mass is 10.1. The summed E-state index contributed by atoms with van der Waals surface area (Å²) in [6.07, 6.45) is 2.25. The van der Waals surface area contributed by atoms with Crippen molar-refractivity contribution in [2.24, 2.45) is 0 Å².